The Kier molecular flexibility index (Phi) is 6.71. The molecule has 0 saturated carbocycles. The van der Waals surface area contributed by atoms with Crippen molar-refractivity contribution in [2.45, 2.75) is 43.6 Å². The number of hydrogen-bond acceptors (Lipinski definition) is 6. The van der Waals surface area contributed by atoms with Gasteiger partial charge in [0.1, 0.15) is 24.2 Å². The van der Waals surface area contributed by atoms with Gasteiger partial charge in [-0.3, -0.25) is 10.0 Å². The van der Waals surface area contributed by atoms with Crippen LogP contribution in [0.4, 0.5) is 4.39 Å². The molecule has 0 aromatic heterocycles. The third-order valence-corrected chi connectivity index (χ3v) is 6.63. The molecule has 2 aromatic rings. The van der Waals surface area contributed by atoms with Crippen LogP contribution < -0.4 is 10.2 Å². The highest BCUT2D eigenvalue weighted by Gasteiger charge is 2.44. The molecule has 0 radical (unpaired) electrons. The van der Waals surface area contributed by atoms with E-state index >= 15 is 0 Å². The fourth-order valence-electron chi connectivity index (χ4n) is 3.33. The first kappa shape index (κ1) is 22.2. The lowest BCUT2D eigenvalue weighted by molar-refractivity contribution is -0.146. The zero-order valence-corrected chi connectivity index (χ0v) is 17.3. The number of amides is 1. The molecule has 2 N–H and O–H groups in total. The van der Waals surface area contributed by atoms with Crippen molar-refractivity contribution in [3.05, 3.63) is 59.9 Å². The number of ether oxygens (including phenoxy) is 2. The van der Waals surface area contributed by atoms with E-state index in [-0.39, 0.29) is 23.9 Å². The summed E-state index contributed by atoms with van der Waals surface area (Å²) in [6, 6.07) is 10.4. The molecule has 1 aliphatic rings. The molecule has 0 bridgehead atoms. The Hall–Kier alpha value is -2.53. The van der Waals surface area contributed by atoms with Crippen LogP contribution in [0.3, 0.4) is 0 Å². The Morgan fingerprint density at radius 2 is 1.83 bits per heavy atom. The Morgan fingerprint density at radius 3 is 2.43 bits per heavy atom. The summed E-state index contributed by atoms with van der Waals surface area (Å²) >= 11 is 0. The van der Waals surface area contributed by atoms with Crippen molar-refractivity contribution in [1.29, 1.82) is 0 Å². The zero-order chi connectivity index (χ0) is 21.9. The molecule has 162 valence electrons. The van der Waals surface area contributed by atoms with E-state index in [1.165, 1.54) is 41.9 Å². The smallest absolute Gasteiger partial charge is 0.264 e. The van der Waals surface area contributed by atoms with Crippen LogP contribution in [0.2, 0.25) is 0 Å². The summed E-state index contributed by atoms with van der Waals surface area (Å²) in [7, 11) is -4.04. The van der Waals surface area contributed by atoms with Crippen molar-refractivity contribution < 1.29 is 32.3 Å². The lowest BCUT2D eigenvalue weighted by atomic mass is 10.1. The molecule has 10 heteroatoms. The molecular formula is C20H23FN2O6S. The Balaban J connectivity index is 1.77. The zero-order valence-electron chi connectivity index (χ0n) is 16.5. The standard InChI is InChI=1S/C20H23FN2O6S/c1-13-11-23(19(14(2)29-13)20(24)22-25)30(26,27)18-9-7-17(8-10-18)28-12-15-3-5-16(21)6-4-15/h3-10,13-14,19,25H,11-12H2,1-2H3,(H,22,24). The molecular weight excluding hydrogens is 415 g/mol. The highest BCUT2D eigenvalue weighted by molar-refractivity contribution is 7.89. The van der Waals surface area contributed by atoms with Gasteiger partial charge in [-0.1, -0.05) is 12.1 Å². The third-order valence-electron chi connectivity index (χ3n) is 4.77. The second-order valence-corrected chi connectivity index (χ2v) is 8.92. The number of nitrogens with zero attached hydrogens (tertiary/aromatic N) is 1. The molecule has 3 atom stereocenters. The van der Waals surface area contributed by atoms with E-state index < -0.39 is 34.2 Å². The van der Waals surface area contributed by atoms with Crippen molar-refractivity contribution in [3.63, 3.8) is 0 Å². The molecule has 1 aliphatic heterocycles. The Morgan fingerprint density at radius 1 is 1.20 bits per heavy atom. The number of carbonyl (C=O) groups excluding carboxylic acids is 1. The number of hydrogen-bond donors (Lipinski definition) is 2. The molecule has 1 heterocycles. The summed E-state index contributed by atoms with van der Waals surface area (Å²) in [6.07, 6.45) is -1.16. The Bertz CT molecular complexity index is 981. The van der Waals surface area contributed by atoms with Gasteiger partial charge in [-0.15, -0.1) is 0 Å². The van der Waals surface area contributed by atoms with Crippen molar-refractivity contribution in [1.82, 2.24) is 9.79 Å². The predicted molar refractivity (Wildman–Crippen MR) is 105 cm³/mol. The molecule has 2 aromatic carbocycles. The Labute approximate surface area is 174 Å². The van der Waals surface area contributed by atoms with Gasteiger partial charge in [-0.2, -0.15) is 4.31 Å². The first-order chi connectivity index (χ1) is 14.2. The van der Waals surface area contributed by atoms with Crippen LogP contribution in [-0.4, -0.2) is 48.6 Å². The molecule has 0 spiro atoms. The van der Waals surface area contributed by atoms with Gasteiger partial charge in [0.25, 0.3) is 5.91 Å². The second-order valence-electron chi connectivity index (χ2n) is 7.03. The predicted octanol–water partition coefficient (Wildman–Crippen LogP) is 2.08. The fourth-order valence-corrected chi connectivity index (χ4v) is 5.06. The summed E-state index contributed by atoms with van der Waals surface area (Å²) in [6.45, 7) is 3.44. The van der Waals surface area contributed by atoms with Crippen LogP contribution in [-0.2, 0) is 26.2 Å². The van der Waals surface area contributed by atoms with Crippen LogP contribution in [0.25, 0.3) is 0 Å². The molecule has 3 unspecified atom stereocenters. The minimum Gasteiger partial charge on any atom is -0.489 e. The lowest BCUT2D eigenvalue weighted by Crippen LogP contribution is -2.60. The van der Waals surface area contributed by atoms with E-state index in [0.717, 1.165) is 9.87 Å². The van der Waals surface area contributed by atoms with Gasteiger partial charge in [0, 0.05) is 6.54 Å². The average molecular weight is 438 g/mol. The summed E-state index contributed by atoms with van der Waals surface area (Å²) in [5.41, 5.74) is 2.28. The lowest BCUT2D eigenvalue weighted by Gasteiger charge is -2.40. The number of benzene rings is 2. The number of rotatable bonds is 6. The van der Waals surface area contributed by atoms with Gasteiger partial charge in [-0.05, 0) is 55.8 Å². The topological polar surface area (TPSA) is 105 Å². The van der Waals surface area contributed by atoms with Crippen LogP contribution in [0.1, 0.15) is 19.4 Å². The monoisotopic (exact) mass is 438 g/mol. The molecule has 3 rings (SSSR count). The maximum Gasteiger partial charge on any atom is 0.264 e. The van der Waals surface area contributed by atoms with E-state index in [1.807, 2.05) is 0 Å². The van der Waals surface area contributed by atoms with Crippen molar-refractivity contribution in [2.75, 3.05) is 6.54 Å². The van der Waals surface area contributed by atoms with Crippen LogP contribution in [0.15, 0.2) is 53.4 Å². The summed E-state index contributed by atoms with van der Waals surface area (Å²) < 4.78 is 51.5. The summed E-state index contributed by atoms with van der Waals surface area (Å²) in [5.74, 6) is -0.767. The summed E-state index contributed by atoms with van der Waals surface area (Å²) in [4.78, 5) is 12.1. The molecule has 8 nitrogen and oxygen atoms in total. The normalized spacial score (nSPS) is 22.5. The van der Waals surface area contributed by atoms with Crippen LogP contribution in [0.5, 0.6) is 5.75 Å². The van der Waals surface area contributed by atoms with E-state index in [9.17, 15) is 17.6 Å². The molecule has 0 aliphatic carbocycles. The minimum absolute atomic E-state index is 0.0197. The third kappa shape index (κ3) is 4.78. The number of sulfonamides is 1. The fraction of sp³-hybridized carbons (Fsp3) is 0.350. The quantitative estimate of drug-likeness (QED) is 0.529. The summed E-state index contributed by atoms with van der Waals surface area (Å²) in [5, 5.41) is 9.02. The van der Waals surface area contributed by atoms with E-state index in [1.54, 1.807) is 26.0 Å². The number of halogens is 1. The first-order valence-electron chi connectivity index (χ1n) is 9.31. The van der Waals surface area contributed by atoms with Gasteiger partial charge < -0.3 is 9.47 Å². The molecule has 1 saturated heterocycles. The number of morpholine rings is 1. The first-order valence-corrected chi connectivity index (χ1v) is 10.7. The van der Waals surface area contributed by atoms with Gasteiger partial charge in [0.15, 0.2) is 0 Å². The van der Waals surface area contributed by atoms with Crippen molar-refractivity contribution in [3.8, 4) is 5.75 Å². The van der Waals surface area contributed by atoms with Gasteiger partial charge in [-0.25, -0.2) is 18.3 Å². The van der Waals surface area contributed by atoms with Gasteiger partial charge in [0.2, 0.25) is 10.0 Å². The van der Waals surface area contributed by atoms with E-state index in [4.69, 9.17) is 14.7 Å². The average Bonchev–Trinajstić information content (AvgIpc) is 2.72. The van der Waals surface area contributed by atoms with Gasteiger partial charge in [0.05, 0.1) is 17.1 Å². The van der Waals surface area contributed by atoms with Crippen molar-refractivity contribution in [2.24, 2.45) is 0 Å². The number of carbonyl (C=O) groups is 1. The highest BCUT2D eigenvalue weighted by Crippen LogP contribution is 2.27. The maximum atomic E-state index is 13.2. The SMILES string of the molecule is CC1CN(S(=O)(=O)c2ccc(OCc3ccc(F)cc3)cc2)C(C(=O)NO)C(C)O1. The molecule has 30 heavy (non-hydrogen) atoms. The molecule has 1 fully saturated rings. The van der Waals surface area contributed by atoms with Crippen molar-refractivity contribution >= 4 is 15.9 Å². The largest absolute Gasteiger partial charge is 0.489 e. The number of nitrogens with one attached hydrogen (secondary N) is 1. The van der Waals surface area contributed by atoms with Crippen LogP contribution in [0, 0.1) is 5.82 Å². The van der Waals surface area contributed by atoms with E-state index in [0.29, 0.717) is 5.75 Å². The highest BCUT2D eigenvalue weighted by atomic mass is 32.2. The number of hydroxylamine groups is 1. The van der Waals surface area contributed by atoms with Gasteiger partial charge >= 0.3 is 0 Å². The van der Waals surface area contributed by atoms with Crippen LogP contribution >= 0.6 is 0 Å². The minimum atomic E-state index is -4.04. The second kappa shape index (κ2) is 9.09. The maximum absolute atomic E-state index is 13.2. The van der Waals surface area contributed by atoms with E-state index in [2.05, 4.69) is 0 Å². The molecule has 1 amide bonds.